The topological polar surface area (TPSA) is 59.1 Å². The number of benzene rings is 1. The first-order chi connectivity index (χ1) is 15.2. The van der Waals surface area contributed by atoms with Gasteiger partial charge in [0.15, 0.2) is 11.5 Å². The summed E-state index contributed by atoms with van der Waals surface area (Å²) in [6.45, 7) is 1.27. The highest BCUT2D eigenvalue weighted by atomic mass is 32.1. The third kappa shape index (κ3) is 4.60. The van der Waals surface area contributed by atoms with E-state index in [1.54, 1.807) is 16.2 Å². The van der Waals surface area contributed by atoms with Gasteiger partial charge in [-0.1, -0.05) is 18.2 Å². The smallest absolute Gasteiger partial charge is 0.264 e. The number of carbonyl (C=O) groups excluding carboxylic acids is 2. The standard InChI is InChI=1S/C23H22N2O4S2/c26-22(14-25(17-6-7-17)23(27)21-4-2-10-31-21)24(13-18-3-1-9-30-18)12-16-5-8-19-20(11-16)29-15-28-19/h1-5,8-11,17H,6-7,12-15H2. The van der Waals surface area contributed by atoms with Crippen molar-refractivity contribution in [2.75, 3.05) is 13.3 Å². The van der Waals surface area contributed by atoms with Crippen LogP contribution in [0, 0.1) is 0 Å². The molecule has 3 aromatic rings. The van der Waals surface area contributed by atoms with Crippen LogP contribution in [0.15, 0.2) is 53.2 Å². The van der Waals surface area contributed by atoms with Crippen molar-refractivity contribution in [2.24, 2.45) is 0 Å². The Morgan fingerprint density at radius 1 is 0.968 bits per heavy atom. The van der Waals surface area contributed by atoms with Crippen LogP contribution in [0.5, 0.6) is 11.5 Å². The van der Waals surface area contributed by atoms with Crippen LogP contribution in [0.4, 0.5) is 0 Å². The largest absolute Gasteiger partial charge is 0.454 e. The van der Waals surface area contributed by atoms with Gasteiger partial charge in [0.25, 0.3) is 5.91 Å². The molecule has 1 fully saturated rings. The average molecular weight is 455 g/mol. The van der Waals surface area contributed by atoms with Gasteiger partial charge in [-0.15, -0.1) is 22.7 Å². The summed E-state index contributed by atoms with van der Waals surface area (Å²) in [7, 11) is 0. The predicted octanol–water partition coefficient (Wildman–Crippen LogP) is 4.37. The highest BCUT2D eigenvalue weighted by Gasteiger charge is 2.35. The fraction of sp³-hybridized carbons (Fsp3) is 0.304. The molecule has 0 bridgehead atoms. The van der Waals surface area contributed by atoms with Crippen LogP contribution in [-0.4, -0.2) is 41.0 Å². The minimum absolute atomic E-state index is 0.0509. The molecule has 0 saturated heterocycles. The zero-order valence-corrected chi connectivity index (χ0v) is 18.5. The van der Waals surface area contributed by atoms with Crippen molar-refractivity contribution in [1.82, 2.24) is 9.80 Å². The van der Waals surface area contributed by atoms with E-state index in [9.17, 15) is 9.59 Å². The normalized spacial score (nSPS) is 14.5. The third-order valence-electron chi connectivity index (χ3n) is 5.38. The van der Waals surface area contributed by atoms with E-state index in [4.69, 9.17) is 9.47 Å². The zero-order valence-electron chi connectivity index (χ0n) is 16.9. The average Bonchev–Trinajstić information content (AvgIpc) is 3.21. The Labute approximate surface area is 188 Å². The molecule has 0 spiro atoms. The molecule has 2 aliphatic rings. The van der Waals surface area contributed by atoms with Gasteiger partial charge in [-0.25, -0.2) is 0 Å². The number of rotatable bonds is 8. The molecule has 1 aliphatic heterocycles. The van der Waals surface area contributed by atoms with Crippen molar-refractivity contribution >= 4 is 34.5 Å². The second-order valence-corrected chi connectivity index (χ2v) is 9.64. The Morgan fingerprint density at radius 3 is 2.52 bits per heavy atom. The van der Waals surface area contributed by atoms with E-state index < -0.39 is 0 Å². The second-order valence-electron chi connectivity index (χ2n) is 7.66. The van der Waals surface area contributed by atoms with E-state index in [1.165, 1.54) is 11.3 Å². The number of hydrogen-bond donors (Lipinski definition) is 0. The Balaban J connectivity index is 1.35. The molecule has 2 aromatic heterocycles. The quantitative estimate of drug-likeness (QED) is 0.507. The van der Waals surface area contributed by atoms with Crippen molar-refractivity contribution in [3.05, 3.63) is 68.5 Å². The zero-order chi connectivity index (χ0) is 21.2. The summed E-state index contributed by atoms with van der Waals surface area (Å²) in [4.78, 5) is 31.7. The minimum Gasteiger partial charge on any atom is -0.454 e. The van der Waals surface area contributed by atoms with Crippen LogP contribution >= 0.6 is 22.7 Å². The fourth-order valence-electron chi connectivity index (χ4n) is 3.62. The molecular formula is C23H22N2O4S2. The highest BCUT2D eigenvalue weighted by molar-refractivity contribution is 7.12. The van der Waals surface area contributed by atoms with Crippen molar-refractivity contribution < 1.29 is 19.1 Å². The lowest BCUT2D eigenvalue weighted by molar-refractivity contribution is -0.133. The Bertz CT molecular complexity index is 1060. The van der Waals surface area contributed by atoms with Crippen LogP contribution in [-0.2, 0) is 17.9 Å². The number of thiophene rings is 2. The summed E-state index contributed by atoms with van der Waals surface area (Å²) in [5.41, 5.74) is 0.969. The molecule has 0 N–H and O–H groups in total. The molecule has 6 nitrogen and oxygen atoms in total. The van der Waals surface area contributed by atoms with Gasteiger partial charge >= 0.3 is 0 Å². The predicted molar refractivity (Wildman–Crippen MR) is 120 cm³/mol. The van der Waals surface area contributed by atoms with E-state index in [0.29, 0.717) is 23.7 Å². The summed E-state index contributed by atoms with van der Waals surface area (Å²) in [5.74, 6) is 1.32. The number of ether oxygens (including phenoxy) is 2. The fourth-order valence-corrected chi connectivity index (χ4v) is 5.02. The molecule has 2 amide bonds. The van der Waals surface area contributed by atoms with Crippen LogP contribution in [0.25, 0.3) is 0 Å². The van der Waals surface area contributed by atoms with Gasteiger partial charge in [-0.2, -0.15) is 0 Å². The number of nitrogens with zero attached hydrogens (tertiary/aromatic N) is 2. The lowest BCUT2D eigenvalue weighted by Crippen LogP contribution is -2.43. The molecule has 160 valence electrons. The first-order valence-corrected chi connectivity index (χ1v) is 12.0. The van der Waals surface area contributed by atoms with Gasteiger partial charge in [0.2, 0.25) is 12.7 Å². The number of fused-ring (bicyclic) bond motifs is 1. The molecule has 1 aliphatic carbocycles. The summed E-state index contributed by atoms with van der Waals surface area (Å²) < 4.78 is 10.9. The van der Waals surface area contributed by atoms with Crippen LogP contribution in [0.2, 0.25) is 0 Å². The number of hydrogen-bond acceptors (Lipinski definition) is 6. The van der Waals surface area contributed by atoms with Crippen molar-refractivity contribution in [1.29, 1.82) is 0 Å². The van der Waals surface area contributed by atoms with Crippen molar-refractivity contribution in [3.8, 4) is 11.5 Å². The summed E-state index contributed by atoms with van der Waals surface area (Å²) in [5, 5.41) is 3.90. The molecule has 0 unspecified atom stereocenters. The first-order valence-electron chi connectivity index (χ1n) is 10.2. The van der Waals surface area contributed by atoms with Crippen LogP contribution < -0.4 is 9.47 Å². The van der Waals surface area contributed by atoms with Crippen molar-refractivity contribution in [3.63, 3.8) is 0 Å². The lowest BCUT2D eigenvalue weighted by Gasteiger charge is -2.27. The SMILES string of the molecule is O=C(CN(C(=O)c1cccs1)C1CC1)N(Cc1ccc2c(c1)OCO2)Cc1cccs1. The Morgan fingerprint density at radius 2 is 1.77 bits per heavy atom. The van der Waals surface area contributed by atoms with Crippen molar-refractivity contribution in [2.45, 2.75) is 32.0 Å². The van der Waals surface area contributed by atoms with Gasteiger partial charge in [0, 0.05) is 17.5 Å². The summed E-state index contributed by atoms with van der Waals surface area (Å²) in [6.07, 6.45) is 1.91. The maximum atomic E-state index is 13.4. The number of amides is 2. The van der Waals surface area contributed by atoms with Crippen LogP contribution in [0.3, 0.4) is 0 Å². The maximum absolute atomic E-state index is 13.4. The van der Waals surface area contributed by atoms with E-state index >= 15 is 0 Å². The van der Waals surface area contributed by atoms with Gasteiger partial charge < -0.3 is 19.3 Å². The Kier molecular flexibility index (Phi) is 5.65. The minimum atomic E-state index is -0.0529. The molecule has 1 saturated carbocycles. The van der Waals surface area contributed by atoms with Gasteiger partial charge in [0.1, 0.15) is 6.54 Å². The molecule has 31 heavy (non-hydrogen) atoms. The van der Waals surface area contributed by atoms with Gasteiger partial charge in [-0.3, -0.25) is 9.59 Å². The third-order valence-corrected chi connectivity index (χ3v) is 7.09. The lowest BCUT2D eigenvalue weighted by atomic mass is 10.2. The molecule has 3 heterocycles. The van der Waals surface area contributed by atoms with E-state index in [-0.39, 0.29) is 31.2 Å². The number of carbonyl (C=O) groups is 2. The Hall–Kier alpha value is -2.84. The summed E-state index contributed by atoms with van der Waals surface area (Å²) in [6, 6.07) is 13.6. The monoisotopic (exact) mass is 454 g/mol. The van der Waals surface area contributed by atoms with Gasteiger partial charge in [0.05, 0.1) is 11.4 Å². The molecular weight excluding hydrogens is 432 g/mol. The summed E-state index contributed by atoms with van der Waals surface area (Å²) >= 11 is 3.04. The molecule has 8 heteroatoms. The maximum Gasteiger partial charge on any atom is 0.264 e. The molecule has 5 rings (SSSR count). The molecule has 0 radical (unpaired) electrons. The van der Waals surface area contributed by atoms with E-state index in [2.05, 4.69) is 0 Å². The first kappa shape index (κ1) is 20.1. The highest BCUT2D eigenvalue weighted by Crippen LogP contribution is 2.33. The molecule has 0 atom stereocenters. The van der Waals surface area contributed by atoms with E-state index in [1.807, 2.05) is 58.1 Å². The van der Waals surface area contributed by atoms with Gasteiger partial charge in [-0.05, 0) is 53.4 Å². The second kappa shape index (κ2) is 8.72. The van der Waals surface area contributed by atoms with E-state index in [0.717, 1.165) is 29.0 Å². The molecule has 1 aromatic carbocycles. The van der Waals surface area contributed by atoms with Crippen LogP contribution in [0.1, 0.15) is 33.0 Å².